The van der Waals surface area contributed by atoms with Crippen molar-refractivity contribution in [3.05, 3.63) is 59.9 Å². The molecular formula is C21H25N3O3. The first-order chi connectivity index (χ1) is 13.2. The molecule has 1 saturated heterocycles. The van der Waals surface area contributed by atoms with Gasteiger partial charge < -0.3 is 19.7 Å². The Bertz CT molecular complexity index is 793. The van der Waals surface area contributed by atoms with Crippen molar-refractivity contribution in [1.82, 2.24) is 15.2 Å². The van der Waals surface area contributed by atoms with Crippen molar-refractivity contribution in [2.24, 2.45) is 0 Å². The van der Waals surface area contributed by atoms with E-state index in [-0.39, 0.29) is 18.6 Å². The highest BCUT2D eigenvalue weighted by atomic mass is 16.5. The molecule has 1 aromatic heterocycles. The van der Waals surface area contributed by atoms with Crippen molar-refractivity contribution in [1.29, 1.82) is 0 Å². The van der Waals surface area contributed by atoms with E-state index in [9.17, 15) is 4.79 Å². The maximum Gasteiger partial charge on any atom is 0.261 e. The number of benzene rings is 1. The molecule has 1 amide bonds. The van der Waals surface area contributed by atoms with Gasteiger partial charge in [-0.1, -0.05) is 24.3 Å². The molecule has 0 bridgehead atoms. The van der Waals surface area contributed by atoms with Crippen molar-refractivity contribution < 1.29 is 14.3 Å². The van der Waals surface area contributed by atoms with E-state index in [0.717, 1.165) is 17.7 Å². The minimum Gasteiger partial charge on any atom is -0.493 e. The van der Waals surface area contributed by atoms with E-state index in [4.69, 9.17) is 9.47 Å². The van der Waals surface area contributed by atoms with Crippen LogP contribution in [0.3, 0.4) is 0 Å². The van der Waals surface area contributed by atoms with E-state index in [1.54, 1.807) is 13.3 Å². The van der Waals surface area contributed by atoms with Gasteiger partial charge >= 0.3 is 0 Å². The van der Waals surface area contributed by atoms with Crippen molar-refractivity contribution >= 4 is 12.0 Å². The van der Waals surface area contributed by atoms with Crippen LogP contribution in [0.2, 0.25) is 0 Å². The highest BCUT2D eigenvalue weighted by Crippen LogP contribution is 2.29. The number of pyridine rings is 1. The van der Waals surface area contributed by atoms with Crippen molar-refractivity contribution in [3.8, 4) is 11.5 Å². The van der Waals surface area contributed by atoms with Crippen LogP contribution < -0.4 is 14.8 Å². The molecule has 1 N–H and O–H groups in total. The van der Waals surface area contributed by atoms with Gasteiger partial charge in [0.15, 0.2) is 18.1 Å². The fourth-order valence-electron chi connectivity index (χ4n) is 3.20. The average Bonchev–Trinajstić information content (AvgIpc) is 2.73. The van der Waals surface area contributed by atoms with E-state index in [1.165, 1.54) is 0 Å². The quantitative estimate of drug-likeness (QED) is 0.850. The van der Waals surface area contributed by atoms with E-state index in [2.05, 4.69) is 10.3 Å². The van der Waals surface area contributed by atoms with Crippen LogP contribution in [0.4, 0.5) is 0 Å². The van der Waals surface area contributed by atoms with E-state index in [0.29, 0.717) is 24.6 Å². The summed E-state index contributed by atoms with van der Waals surface area (Å²) in [5.74, 6) is 1.12. The summed E-state index contributed by atoms with van der Waals surface area (Å²) >= 11 is 0. The van der Waals surface area contributed by atoms with Gasteiger partial charge in [0.25, 0.3) is 5.91 Å². The Hall–Kier alpha value is -2.86. The van der Waals surface area contributed by atoms with Gasteiger partial charge in [0.05, 0.1) is 13.2 Å². The van der Waals surface area contributed by atoms with Gasteiger partial charge in [-0.15, -0.1) is 0 Å². The number of amides is 1. The second-order valence-electron chi connectivity index (χ2n) is 6.29. The Balaban J connectivity index is 1.69. The summed E-state index contributed by atoms with van der Waals surface area (Å²) in [6, 6.07) is 9.50. The Morgan fingerprint density at radius 2 is 2.26 bits per heavy atom. The molecule has 1 atom stereocenters. The molecule has 1 fully saturated rings. The number of nitrogens with zero attached hydrogens (tertiary/aromatic N) is 2. The smallest absolute Gasteiger partial charge is 0.261 e. The van der Waals surface area contributed by atoms with Gasteiger partial charge in [-0.05, 0) is 36.2 Å². The van der Waals surface area contributed by atoms with Crippen LogP contribution in [-0.2, 0) is 4.79 Å². The van der Waals surface area contributed by atoms with Crippen molar-refractivity contribution in [2.75, 3.05) is 33.4 Å². The van der Waals surface area contributed by atoms with E-state index in [1.807, 2.05) is 60.5 Å². The third kappa shape index (κ3) is 4.65. The molecule has 0 saturated carbocycles. The Morgan fingerprint density at radius 3 is 3.00 bits per heavy atom. The summed E-state index contributed by atoms with van der Waals surface area (Å²) in [7, 11) is 1.60. The Labute approximate surface area is 159 Å². The summed E-state index contributed by atoms with van der Waals surface area (Å²) in [6.45, 7) is 4.04. The number of rotatable bonds is 6. The fourth-order valence-corrected chi connectivity index (χ4v) is 3.20. The molecule has 2 heterocycles. The molecule has 0 spiro atoms. The van der Waals surface area contributed by atoms with Crippen LogP contribution in [0, 0.1) is 0 Å². The molecule has 142 valence electrons. The maximum absolute atomic E-state index is 12.8. The fraction of sp³-hybridized carbons (Fsp3) is 0.333. The van der Waals surface area contributed by atoms with Crippen LogP contribution in [0.1, 0.15) is 24.1 Å². The third-order valence-electron chi connectivity index (χ3n) is 4.53. The largest absolute Gasteiger partial charge is 0.493 e. The standard InChI is InChI=1S/C21H25N3O3/c1-3-5-16-7-8-19(20(12-16)26-2)27-15-21(25)24-11-10-23-14-18(24)17-6-4-9-22-13-17/h3-9,12-13,18,23H,10-11,14-15H2,1-2H3/b5-3+. The molecule has 3 rings (SSSR count). The minimum atomic E-state index is -0.0510. The first-order valence-electron chi connectivity index (χ1n) is 9.06. The first kappa shape index (κ1) is 18.9. The molecule has 1 aliphatic rings. The van der Waals surface area contributed by atoms with Gasteiger partial charge in [-0.2, -0.15) is 0 Å². The van der Waals surface area contributed by atoms with Gasteiger partial charge in [-0.3, -0.25) is 9.78 Å². The molecule has 1 unspecified atom stereocenters. The number of methoxy groups -OCH3 is 1. The van der Waals surface area contributed by atoms with Gasteiger partial charge in [0.1, 0.15) is 0 Å². The number of piperazine rings is 1. The Morgan fingerprint density at radius 1 is 1.37 bits per heavy atom. The molecule has 6 heteroatoms. The number of allylic oxidation sites excluding steroid dienone is 1. The number of nitrogens with one attached hydrogen (secondary N) is 1. The van der Waals surface area contributed by atoms with E-state index < -0.39 is 0 Å². The monoisotopic (exact) mass is 367 g/mol. The molecular weight excluding hydrogens is 342 g/mol. The lowest BCUT2D eigenvalue weighted by molar-refractivity contribution is -0.136. The van der Waals surface area contributed by atoms with Crippen LogP contribution in [0.5, 0.6) is 11.5 Å². The number of ether oxygens (including phenoxy) is 2. The lowest BCUT2D eigenvalue weighted by Gasteiger charge is -2.36. The summed E-state index contributed by atoms with van der Waals surface area (Å²) in [5, 5.41) is 3.34. The van der Waals surface area contributed by atoms with E-state index >= 15 is 0 Å². The van der Waals surface area contributed by atoms with Crippen LogP contribution >= 0.6 is 0 Å². The van der Waals surface area contributed by atoms with Crippen LogP contribution in [0.15, 0.2) is 48.8 Å². The number of aromatic nitrogens is 1. The molecule has 6 nitrogen and oxygen atoms in total. The number of carbonyl (C=O) groups is 1. The van der Waals surface area contributed by atoms with Crippen molar-refractivity contribution in [2.45, 2.75) is 13.0 Å². The first-order valence-corrected chi connectivity index (χ1v) is 9.06. The van der Waals surface area contributed by atoms with Crippen molar-refractivity contribution in [3.63, 3.8) is 0 Å². The molecule has 1 aliphatic heterocycles. The lowest BCUT2D eigenvalue weighted by Crippen LogP contribution is -2.50. The number of hydrogen-bond donors (Lipinski definition) is 1. The summed E-state index contributed by atoms with van der Waals surface area (Å²) < 4.78 is 11.2. The number of hydrogen-bond acceptors (Lipinski definition) is 5. The second-order valence-corrected chi connectivity index (χ2v) is 6.29. The molecule has 0 aliphatic carbocycles. The SMILES string of the molecule is C/C=C/c1ccc(OCC(=O)N2CCNCC2c2cccnc2)c(OC)c1. The summed E-state index contributed by atoms with van der Waals surface area (Å²) in [5.41, 5.74) is 2.04. The van der Waals surface area contributed by atoms with Crippen LogP contribution in [-0.4, -0.2) is 49.1 Å². The lowest BCUT2D eigenvalue weighted by atomic mass is 10.1. The zero-order valence-corrected chi connectivity index (χ0v) is 15.7. The highest BCUT2D eigenvalue weighted by molar-refractivity contribution is 5.78. The average molecular weight is 367 g/mol. The zero-order chi connectivity index (χ0) is 19.1. The summed E-state index contributed by atoms with van der Waals surface area (Å²) in [4.78, 5) is 18.9. The molecule has 1 aromatic carbocycles. The predicted octanol–water partition coefficient (Wildman–Crippen LogP) is 2.68. The zero-order valence-electron chi connectivity index (χ0n) is 15.7. The predicted molar refractivity (Wildman–Crippen MR) is 105 cm³/mol. The van der Waals surface area contributed by atoms with Crippen LogP contribution in [0.25, 0.3) is 6.08 Å². The summed E-state index contributed by atoms with van der Waals surface area (Å²) in [6.07, 6.45) is 7.49. The molecule has 27 heavy (non-hydrogen) atoms. The van der Waals surface area contributed by atoms with Gasteiger partial charge in [0, 0.05) is 32.0 Å². The number of carbonyl (C=O) groups excluding carboxylic acids is 1. The van der Waals surface area contributed by atoms with Gasteiger partial charge in [0.2, 0.25) is 0 Å². The normalized spacial score (nSPS) is 17.1. The molecule has 0 radical (unpaired) electrons. The Kier molecular flexibility index (Phi) is 6.44. The maximum atomic E-state index is 12.8. The third-order valence-corrected chi connectivity index (χ3v) is 4.53. The second kappa shape index (κ2) is 9.19. The topological polar surface area (TPSA) is 63.7 Å². The van der Waals surface area contributed by atoms with Gasteiger partial charge in [-0.25, -0.2) is 0 Å². The minimum absolute atomic E-state index is 0.0317. The highest BCUT2D eigenvalue weighted by Gasteiger charge is 2.28. The molecule has 2 aromatic rings.